The lowest BCUT2D eigenvalue weighted by Crippen LogP contribution is -2.15. The molecule has 0 saturated heterocycles. The van der Waals surface area contributed by atoms with Gasteiger partial charge in [0.15, 0.2) is 52.4 Å². The Morgan fingerprint density at radius 3 is 0.893 bits per heavy atom. The monoisotopic (exact) mass is 1920 g/mol. The molecule has 26 aromatic rings. The third-order valence-corrected chi connectivity index (χ3v) is 28.4. The fourth-order valence-corrected chi connectivity index (χ4v) is 20.9. The van der Waals surface area contributed by atoms with Crippen LogP contribution in [-0.2, 0) is 5.41 Å². The number of benzene rings is 19. The Balaban J connectivity index is 0.000000116. The molecule has 0 spiro atoms. The van der Waals surface area contributed by atoms with Gasteiger partial charge in [0.25, 0.3) is 0 Å². The lowest BCUT2D eigenvalue weighted by Gasteiger charge is -2.23. The summed E-state index contributed by atoms with van der Waals surface area (Å²) in [4.78, 5) is 64.7. The molecule has 0 unspecified atom stereocenters. The van der Waals surface area contributed by atoms with Gasteiger partial charge in [0.2, 0.25) is 0 Å². The van der Waals surface area contributed by atoms with Gasteiger partial charge in [0.05, 0.1) is 16.9 Å². The molecule has 13 heteroatoms. The van der Waals surface area contributed by atoms with Gasteiger partial charge in [-0.2, -0.15) is 0 Å². The molecule has 1 aliphatic rings. The van der Waals surface area contributed by atoms with Gasteiger partial charge in [-0.05, 0) is 250 Å². The van der Waals surface area contributed by atoms with Crippen molar-refractivity contribution in [1.29, 1.82) is 0 Å². The van der Waals surface area contributed by atoms with Crippen LogP contribution in [0.15, 0.2) is 486 Å². The van der Waals surface area contributed by atoms with E-state index in [1.807, 2.05) is 239 Å². The number of rotatable bonds is 16. The fourth-order valence-electron chi connectivity index (χ4n) is 20.9. The molecule has 0 amide bonds. The molecule has 0 fully saturated rings. The maximum Gasteiger partial charge on any atom is 0.164 e. The molecule has 0 atom stereocenters. The van der Waals surface area contributed by atoms with Gasteiger partial charge >= 0.3 is 0 Å². The lowest BCUT2D eigenvalue weighted by molar-refractivity contribution is 0.661. The highest BCUT2D eigenvalue weighted by atomic mass is 15.1. The molecule has 0 aliphatic heterocycles. The average Bonchev–Trinajstić information content (AvgIpc) is 1.55. The number of hydrogen-bond acceptors (Lipinski definition) is 13. The average molecular weight is 1920 g/mol. The topological polar surface area (TPSA) is 168 Å². The van der Waals surface area contributed by atoms with Crippen molar-refractivity contribution in [2.75, 3.05) is 0 Å². The first-order valence-corrected chi connectivity index (χ1v) is 50.5. The van der Waals surface area contributed by atoms with E-state index in [1.165, 1.54) is 81.7 Å². The highest BCUT2D eigenvalue weighted by Gasteiger charge is 2.38. The van der Waals surface area contributed by atoms with E-state index in [4.69, 9.17) is 54.8 Å². The number of fused-ring (bicyclic) bond motifs is 12. The zero-order valence-corrected chi connectivity index (χ0v) is 83.0. The van der Waals surface area contributed by atoms with E-state index in [-0.39, 0.29) is 5.41 Å². The Kier molecular flexibility index (Phi) is 24.1. The second-order valence-electron chi connectivity index (χ2n) is 38.6. The standard InChI is InChI=1S/C46H31N5.C46H34N4.C45H30N4/c1-30-13-12-22-43(48-30)42-24-23-34(29-47-42)35-25-36(41-28-33-18-8-9-19-38(33)39-20-10-11-21-40(39)41)27-37(26-35)46-50-44(31-14-4-2-5-15-31)49-45(51-46)32-16-6-3-7-17-32;1-29-22-23-32(28-47-29)33-24-34(39-27-41-42(37-19-11-10-18-36(37)39)38-20-12-13-21-40(38)46(41,2)3)26-35(25-33)45-49-43(30-14-6-4-7-15-30)48-44(50-45)31-16-8-5-9-17-31;1-29-23-24-30-18-12-22-38(42(30)46-29)34-25-35(41-28-33-17-8-9-19-37(33)39-20-10-11-21-40(39)41)27-36(26-34)45-48-43(31-13-4-2-5-14-31)47-44(49-45)32-15-6-3-7-16-32/h2-29H,1H3;4-28H,1-3H3;2-28H,1H3. The van der Waals surface area contributed by atoms with Crippen molar-refractivity contribution in [2.45, 2.75) is 40.0 Å². The first-order valence-electron chi connectivity index (χ1n) is 50.5. The number of hydrogen-bond donors (Lipinski definition) is 0. The zero-order valence-electron chi connectivity index (χ0n) is 83.0. The van der Waals surface area contributed by atoms with E-state index in [2.05, 4.69) is 291 Å². The molecule has 19 aromatic carbocycles. The molecule has 7 heterocycles. The summed E-state index contributed by atoms with van der Waals surface area (Å²) < 4.78 is 0. The van der Waals surface area contributed by atoms with Gasteiger partial charge in [-0.25, -0.2) is 44.9 Å². The first kappa shape index (κ1) is 91.6. The number of aromatic nitrogens is 13. The molecule has 7 aromatic heterocycles. The molecule has 1 aliphatic carbocycles. The summed E-state index contributed by atoms with van der Waals surface area (Å²) in [7, 11) is 0. The van der Waals surface area contributed by atoms with Crippen LogP contribution < -0.4 is 0 Å². The largest absolute Gasteiger partial charge is 0.261 e. The predicted molar refractivity (Wildman–Crippen MR) is 614 cm³/mol. The number of aryl methyl sites for hydroxylation is 3. The molecule has 708 valence electrons. The van der Waals surface area contributed by atoms with Crippen molar-refractivity contribution >= 4 is 64.8 Å². The fraction of sp³-hybridized carbons (Fsp3) is 0.0438. The highest BCUT2D eigenvalue weighted by molar-refractivity contribution is 6.16. The highest BCUT2D eigenvalue weighted by Crippen LogP contribution is 2.54. The van der Waals surface area contributed by atoms with Crippen molar-refractivity contribution in [1.82, 2.24) is 64.8 Å². The molecule has 0 N–H and O–H groups in total. The van der Waals surface area contributed by atoms with E-state index in [0.717, 1.165) is 151 Å². The SMILES string of the molecule is Cc1ccc(-c2cc(-c3nc(-c4ccccc4)nc(-c4ccccc4)n3)cc(-c3cc4c(c5ccccc35)-c3ccccc3C4(C)C)c2)cn1.Cc1ccc2cccc(-c3cc(-c4nc(-c5ccccc5)nc(-c5ccccc5)n4)cc(-c4cc5ccccc5c5ccccc45)c3)c2n1.Cc1cccc(-c2ccc(-c3cc(-c4nc(-c5ccccc5)nc(-c5ccccc5)n4)cc(-c4cc5ccccc5c5ccccc45)c3)cn2)n1. The Bertz CT molecular complexity index is 9500. The van der Waals surface area contributed by atoms with Crippen LogP contribution >= 0.6 is 0 Å². The molecule has 0 bridgehead atoms. The molecular weight excluding hydrogens is 1830 g/mol. The van der Waals surface area contributed by atoms with Crippen LogP contribution in [-0.4, -0.2) is 64.8 Å². The van der Waals surface area contributed by atoms with E-state index >= 15 is 0 Å². The number of para-hydroxylation sites is 1. The van der Waals surface area contributed by atoms with Crippen molar-refractivity contribution in [2.24, 2.45) is 0 Å². The molecule has 150 heavy (non-hydrogen) atoms. The number of nitrogens with zero attached hydrogens (tertiary/aromatic N) is 13. The van der Waals surface area contributed by atoms with Crippen LogP contribution in [0.2, 0.25) is 0 Å². The summed E-state index contributed by atoms with van der Waals surface area (Å²) in [5.41, 5.74) is 32.1. The summed E-state index contributed by atoms with van der Waals surface area (Å²) >= 11 is 0. The van der Waals surface area contributed by atoms with Gasteiger partial charge in [0, 0.05) is 107 Å². The van der Waals surface area contributed by atoms with Crippen LogP contribution in [0.5, 0.6) is 0 Å². The third-order valence-electron chi connectivity index (χ3n) is 28.4. The minimum Gasteiger partial charge on any atom is -0.261 e. The quantitative estimate of drug-likeness (QED) is 0.0839. The minimum atomic E-state index is -0.143. The van der Waals surface area contributed by atoms with E-state index in [9.17, 15) is 0 Å². The van der Waals surface area contributed by atoms with Crippen LogP contribution in [0.25, 0.3) is 257 Å². The second kappa shape index (κ2) is 39.5. The van der Waals surface area contributed by atoms with Crippen molar-refractivity contribution in [3.63, 3.8) is 0 Å². The Hall–Kier alpha value is -19.6. The van der Waals surface area contributed by atoms with Crippen molar-refractivity contribution in [3.05, 3.63) is 514 Å². The Morgan fingerprint density at radius 2 is 0.473 bits per heavy atom. The van der Waals surface area contributed by atoms with Gasteiger partial charge in [0.1, 0.15) is 0 Å². The summed E-state index contributed by atoms with van der Waals surface area (Å²) in [6.07, 6.45) is 3.88. The molecule has 0 saturated carbocycles. The predicted octanol–water partition coefficient (Wildman–Crippen LogP) is 34.0. The number of pyridine rings is 4. The second-order valence-corrected chi connectivity index (χ2v) is 38.6. The maximum atomic E-state index is 5.12. The zero-order chi connectivity index (χ0) is 101. The summed E-state index contributed by atoms with van der Waals surface area (Å²) in [6.45, 7) is 10.7. The summed E-state index contributed by atoms with van der Waals surface area (Å²) in [5, 5.41) is 13.3. The van der Waals surface area contributed by atoms with E-state index in [0.29, 0.717) is 52.4 Å². The van der Waals surface area contributed by atoms with Crippen molar-refractivity contribution < 1.29 is 0 Å². The molecule has 0 radical (unpaired) electrons. The van der Waals surface area contributed by atoms with Gasteiger partial charge < -0.3 is 0 Å². The van der Waals surface area contributed by atoms with Gasteiger partial charge in [-0.15, -0.1) is 0 Å². The smallest absolute Gasteiger partial charge is 0.164 e. The van der Waals surface area contributed by atoms with Crippen LogP contribution in [0.4, 0.5) is 0 Å². The molecule has 13 nitrogen and oxygen atoms in total. The Morgan fingerprint density at radius 1 is 0.160 bits per heavy atom. The molecule has 27 rings (SSSR count). The van der Waals surface area contributed by atoms with Crippen LogP contribution in [0.3, 0.4) is 0 Å². The van der Waals surface area contributed by atoms with E-state index in [1.54, 1.807) is 0 Å². The molecular formula is C137H95N13. The van der Waals surface area contributed by atoms with Gasteiger partial charge in [-0.3, -0.25) is 19.9 Å². The van der Waals surface area contributed by atoms with Crippen molar-refractivity contribution in [3.8, 4) is 192 Å². The summed E-state index contributed by atoms with van der Waals surface area (Å²) in [6, 6.07) is 165. The lowest BCUT2D eigenvalue weighted by atomic mass is 9.80. The van der Waals surface area contributed by atoms with Crippen LogP contribution in [0.1, 0.15) is 42.1 Å². The minimum absolute atomic E-state index is 0.143. The van der Waals surface area contributed by atoms with Crippen LogP contribution in [0, 0.1) is 20.8 Å². The summed E-state index contributed by atoms with van der Waals surface area (Å²) in [5.74, 6) is 5.64. The maximum absolute atomic E-state index is 5.12. The third kappa shape index (κ3) is 18.1. The van der Waals surface area contributed by atoms with Gasteiger partial charge in [-0.1, -0.05) is 384 Å². The normalized spacial score (nSPS) is 11.8. The Labute approximate surface area is 869 Å². The van der Waals surface area contributed by atoms with E-state index < -0.39 is 0 Å². The first-order chi connectivity index (χ1) is 73.8.